The van der Waals surface area contributed by atoms with Crippen LogP contribution in [0.25, 0.3) is 0 Å². The Labute approximate surface area is 116 Å². The van der Waals surface area contributed by atoms with E-state index in [9.17, 15) is 18.3 Å². The summed E-state index contributed by atoms with van der Waals surface area (Å²) in [6.07, 6.45) is -4.71. The molecular weight excluding hydrogens is 273 g/mol. The Morgan fingerprint density at radius 2 is 1.80 bits per heavy atom. The van der Waals surface area contributed by atoms with Gasteiger partial charge in [-0.25, -0.2) is 0 Å². The van der Waals surface area contributed by atoms with E-state index in [1.54, 1.807) is 6.07 Å². The fourth-order valence-corrected chi connectivity index (χ4v) is 2.22. The third kappa shape index (κ3) is 3.86. The Morgan fingerprint density at radius 1 is 1.20 bits per heavy atom. The van der Waals surface area contributed by atoms with Gasteiger partial charge in [0.2, 0.25) is 0 Å². The van der Waals surface area contributed by atoms with E-state index in [-0.39, 0.29) is 5.75 Å². The summed E-state index contributed by atoms with van der Waals surface area (Å²) in [4.78, 5) is 0. The number of methoxy groups -OCH3 is 1. The molecule has 0 aliphatic heterocycles. The van der Waals surface area contributed by atoms with Gasteiger partial charge in [-0.3, -0.25) is 0 Å². The summed E-state index contributed by atoms with van der Waals surface area (Å²) < 4.78 is 45.8. The molecule has 1 N–H and O–H groups in total. The van der Waals surface area contributed by atoms with E-state index >= 15 is 0 Å². The van der Waals surface area contributed by atoms with Crippen molar-refractivity contribution in [3.05, 3.63) is 29.8 Å². The quantitative estimate of drug-likeness (QED) is 0.866. The van der Waals surface area contributed by atoms with Crippen LogP contribution in [0.1, 0.15) is 38.4 Å². The van der Waals surface area contributed by atoms with E-state index in [1.807, 2.05) is 13.8 Å². The second-order valence-corrected chi connectivity index (χ2v) is 4.50. The molecule has 1 aromatic carbocycles. The molecule has 1 atom stereocenters. The summed E-state index contributed by atoms with van der Waals surface area (Å²) in [6.45, 7) is 3.71. The maximum Gasteiger partial charge on any atom is 0.573 e. The molecule has 0 bridgehead atoms. The van der Waals surface area contributed by atoms with E-state index in [2.05, 4.69) is 4.74 Å². The first-order chi connectivity index (χ1) is 9.28. The largest absolute Gasteiger partial charge is 0.573 e. The minimum atomic E-state index is -4.75. The van der Waals surface area contributed by atoms with E-state index in [0.717, 1.165) is 0 Å². The molecule has 0 aliphatic rings. The van der Waals surface area contributed by atoms with E-state index in [1.165, 1.54) is 25.3 Å². The van der Waals surface area contributed by atoms with Crippen molar-refractivity contribution in [1.29, 1.82) is 0 Å². The predicted octanol–water partition coefficient (Wildman–Crippen LogP) is 3.82. The number of benzene rings is 1. The van der Waals surface area contributed by atoms with Gasteiger partial charge in [-0.1, -0.05) is 26.0 Å². The van der Waals surface area contributed by atoms with Crippen LogP contribution in [0.15, 0.2) is 24.3 Å². The molecule has 0 heterocycles. The average molecular weight is 292 g/mol. The Bertz CT molecular complexity index is 420. The summed E-state index contributed by atoms with van der Waals surface area (Å²) >= 11 is 0. The highest BCUT2D eigenvalue weighted by Crippen LogP contribution is 2.36. The number of halogens is 3. The molecule has 114 valence electrons. The first-order valence-electron chi connectivity index (χ1n) is 6.37. The van der Waals surface area contributed by atoms with Crippen LogP contribution in [0.4, 0.5) is 13.2 Å². The number of aliphatic hydroxyl groups excluding tert-OH is 1. The number of hydrogen-bond donors (Lipinski definition) is 1. The van der Waals surface area contributed by atoms with Crippen LogP contribution < -0.4 is 4.74 Å². The van der Waals surface area contributed by atoms with Gasteiger partial charge in [-0.15, -0.1) is 13.2 Å². The Morgan fingerprint density at radius 3 is 2.25 bits per heavy atom. The SMILES string of the molecule is CCC(CC)(OC)C(O)c1cccc(OC(F)(F)F)c1. The molecule has 0 saturated carbocycles. The number of alkyl halides is 3. The zero-order valence-electron chi connectivity index (χ0n) is 11.7. The Kier molecular flexibility index (Phi) is 5.42. The highest BCUT2D eigenvalue weighted by Gasteiger charge is 2.36. The molecule has 20 heavy (non-hydrogen) atoms. The summed E-state index contributed by atoms with van der Waals surface area (Å²) in [5, 5.41) is 10.4. The van der Waals surface area contributed by atoms with Gasteiger partial charge in [-0.2, -0.15) is 0 Å². The van der Waals surface area contributed by atoms with Crippen LogP contribution in [-0.2, 0) is 4.74 Å². The molecule has 0 aliphatic carbocycles. The molecule has 0 fully saturated rings. The van der Waals surface area contributed by atoms with E-state index in [4.69, 9.17) is 4.74 Å². The third-order valence-corrected chi connectivity index (χ3v) is 3.51. The summed E-state index contributed by atoms with van der Waals surface area (Å²) in [6, 6.07) is 5.33. The van der Waals surface area contributed by atoms with Crippen molar-refractivity contribution in [2.75, 3.05) is 7.11 Å². The van der Waals surface area contributed by atoms with Gasteiger partial charge >= 0.3 is 6.36 Å². The molecule has 1 aromatic rings. The minimum absolute atomic E-state index is 0.331. The van der Waals surface area contributed by atoms with Crippen molar-refractivity contribution in [2.45, 2.75) is 44.8 Å². The van der Waals surface area contributed by atoms with Crippen LogP contribution >= 0.6 is 0 Å². The van der Waals surface area contributed by atoms with Crippen molar-refractivity contribution in [3.63, 3.8) is 0 Å². The predicted molar refractivity (Wildman–Crippen MR) is 68.4 cm³/mol. The zero-order valence-corrected chi connectivity index (χ0v) is 11.7. The van der Waals surface area contributed by atoms with Gasteiger partial charge in [0.05, 0.1) is 5.60 Å². The maximum atomic E-state index is 12.2. The fourth-order valence-electron chi connectivity index (χ4n) is 2.22. The van der Waals surface area contributed by atoms with Crippen molar-refractivity contribution in [1.82, 2.24) is 0 Å². The fraction of sp³-hybridized carbons (Fsp3) is 0.571. The van der Waals surface area contributed by atoms with Crippen LogP contribution in [0.3, 0.4) is 0 Å². The Hall–Kier alpha value is -1.27. The highest BCUT2D eigenvalue weighted by molar-refractivity contribution is 5.31. The second kappa shape index (κ2) is 6.45. The summed E-state index contributed by atoms with van der Waals surface area (Å²) in [7, 11) is 1.48. The molecule has 0 radical (unpaired) electrons. The van der Waals surface area contributed by atoms with E-state index < -0.39 is 18.1 Å². The van der Waals surface area contributed by atoms with Gasteiger partial charge in [0.1, 0.15) is 11.9 Å². The Balaban J connectivity index is 3.04. The van der Waals surface area contributed by atoms with Crippen LogP contribution in [0, 0.1) is 0 Å². The van der Waals surface area contributed by atoms with Gasteiger partial charge in [0.15, 0.2) is 0 Å². The van der Waals surface area contributed by atoms with Gasteiger partial charge in [-0.05, 0) is 30.5 Å². The molecule has 1 unspecified atom stereocenters. The van der Waals surface area contributed by atoms with E-state index in [0.29, 0.717) is 18.4 Å². The van der Waals surface area contributed by atoms with Crippen LogP contribution in [-0.4, -0.2) is 24.2 Å². The van der Waals surface area contributed by atoms with Gasteiger partial charge < -0.3 is 14.6 Å². The number of ether oxygens (including phenoxy) is 2. The van der Waals surface area contributed by atoms with Crippen LogP contribution in [0.2, 0.25) is 0 Å². The lowest BCUT2D eigenvalue weighted by molar-refractivity contribution is -0.274. The normalized spacial score (nSPS) is 14.2. The smallest absolute Gasteiger partial charge is 0.406 e. The third-order valence-electron chi connectivity index (χ3n) is 3.51. The molecule has 6 heteroatoms. The topological polar surface area (TPSA) is 38.7 Å². The lowest BCUT2D eigenvalue weighted by Gasteiger charge is -2.35. The molecule has 0 aromatic heterocycles. The standard InChI is InChI=1S/C14H19F3O3/c1-4-13(5-2,19-3)12(18)10-7-6-8-11(9-10)20-14(15,16)17/h6-9,12,18H,4-5H2,1-3H3. The van der Waals surface area contributed by atoms with Crippen molar-refractivity contribution in [3.8, 4) is 5.75 Å². The lowest BCUT2D eigenvalue weighted by atomic mass is 9.86. The summed E-state index contributed by atoms with van der Waals surface area (Å²) in [5.74, 6) is -0.355. The molecule has 0 saturated heterocycles. The van der Waals surface area contributed by atoms with Crippen molar-refractivity contribution in [2.24, 2.45) is 0 Å². The average Bonchev–Trinajstić information content (AvgIpc) is 2.39. The molecular formula is C14H19F3O3. The summed E-state index contributed by atoms with van der Waals surface area (Å²) in [5.41, 5.74) is -0.492. The van der Waals surface area contributed by atoms with Gasteiger partial charge in [0.25, 0.3) is 0 Å². The molecule has 0 spiro atoms. The number of aliphatic hydroxyl groups is 1. The second-order valence-electron chi connectivity index (χ2n) is 4.50. The molecule has 3 nitrogen and oxygen atoms in total. The number of hydrogen-bond acceptors (Lipinski definition) is 3. The van der Waals surface area contributed by atoms with Crippen molar-refractivity contribution < 1.29 is 27.8 Å². The first kappa shape index (κ1) is 16.8. The monoisotopic (exact) mass is 292 g/mol. The lowest BCUT2D eigenvalue weighted by Crippen LogP contribution is -2.37. The van der Waals surface area contributed by atoms with Crippen LogP contribution in [0.5, 0.6) is 5.75 Å². The highest BCUT2D eigenvalue weighted by atomic mass is 19.4. The molecule has 0 amide bonds. The first-order valence-corrected chi connectivity index (χ1v) is 6.37. The molecule has 1 rings (SSSR count). The zero-order chi connectivity index (χ0) is 15.4. The van der Waals surface area contributed by atoms with Gasteiger partial charge in [0, 0.05) is 7.11 Å². The maximum absolute atomic E-state index is 12.2. The van der Waals surface area contributed by atoms with Crippen molar-refractivity contribution >= 4 is 0 Å². The number of rotatable bonds is 6. The minimum Gasteiger partial charge on any atom is -0.406 e.